The van der Waals surface area contributed by atoms with Crippen LogP contribution in [-0.4, -0.2) is 19.5 Å². The molecule has 9 heteroatoms. The largest absolute Gasteiger partial charge is 0.461 e. The van der Waals surface area contributed by atoms with E-state index in [0.717, 1.165) is 11.3 Å². The number of rotatable bonds is 3. The van der Waals surface area contributed by atoms with E-state index in [-0.39, 0.29) is 11.2 Å². The van der Waals surface area contributed by atoms with Crippen LogP contribution >= 0.6 is 11.3 Å². The minimum atomic E-state index is -0.481. The van der Waals surface area contributed by atoms with Gasteiger partial charge in [-0.25, -0.2) is 4.40 Å². The summed E-state index contributed by atoms with van der Waals surface area (Å²) in [5, 5.41) is 19.0. The summed E-state index contributed by atoms with van der Waals surface area (Å²) in [5.74, 6) is 0.730. The van der Waals surface area contributed by atoms with Gasteiger partial charge in [-0.3, -0.25) is 14.9 Å². The summed E-state index contributed by atoms with van der Waals surface area (Å²) in [4.78, 5) is 23.7. The first-order valence-electron chi connectivity index (χ1n) is 6.82. The summed E-state index contributed by atoms with van der Waals surface area (Å²) >= 11 is 1.11. The van der Waals surface area contributed by atoms with Gasteiger partial charge < -0.3 is 4.42 Å². The Balaban J connectivity index is 1.95. The fourth-order valence-corrected chi connectivity index (χ4v) is 3.25. The molecule has 0 fully saturated rings. The zero-order valence-electron chi connectivity index (χ0n) is 11.9. The van der Waals surface area contributed by atoms with Crippen molar-refractivity contribution in [3.63, 3.8) is 0 Å². The first-order valence-corrected chi connectivity index (χ1v) is 7.64. The average molecular weight is 340 g/mol. The maximum absolute atomic E-state index is 12.6. The number of nitro groups is 1. The van der Waals surface area contributed by atoms with Crippen molar-refractivity contribution in [1.82, 2.24) is 14.6 Å². The van der Waals surface area contributed by atoms with Gasteiger partial charge in [0.15, 0.2) is 5.76 Å². The third kappa shape index (κ3) is 2.18. The van der Waals surface area contributed by atoms with Crippen LogP contribution in [0.4, 0.5) is 5.69 Å². The maximum Gasteiger partial charge on any atom is 0.276 e. The smallest absolute Gasteiger partial charge is 0.276 e. The van der Waals surface area contributed by atoms with Gasteiger partial charge in [-0.2, -0.15) is 0 Å². The fraction of sp³-hybridized carbons (Fsp3) is 0. The van der Waals surface area contributed by atoms with Gasteiger partial charge in [0.05, 0.1) is 21.3 Å². The Kier molecular flexibility index (Phi) is 3.21. The number of hydrogen-bond donors (Lipinski definition) is 0. The third-order valence-corrected chi connectivity index (χ3v) is 4.37. The normalized spacial score (nSPS) is 12.1. The van der Waals surface area contributed by atoms with Gasteiger partial charge in [-0.05, 0) is 24.3 Å². The number of hydrogen-bond acceptors (Lipinski definition) is 7. The van der Waals surface area contributed by atoms with Crippen molar-refractivity contribution in [2.45, 2.75) is 0 Å². The number of para-hydroxylation sites is 1. The number of thiazole rings is 1. The molecule has 118 valence electrons. The van der Waals surface area contributed by atoms with Crippen LogP contribution in [0.3, 0.4) is 0 Å². The van der Waals surface area contributed by atoms with Crippen molar-refractivity contribution in [3.05, 3.63) is 73.2 Å². The lowest BCUT2D eigenvalue weighted by molar-refractivity contribution is -0.385. The Hall–Kier alpha value is -3.33. The summed E-state index contributed by atoms with van der Waals surface area (Å²) in [6.07, 6.45) is 2.97. The zero-order chi connectivity index (χ0) is 16.7. The molecule has 4 rings (SSSR count). The molecule has 3 aromatic heterocycles. The predicted octanol–water partition coefficient (Wildman–Crippen LogP) is 1.87. The van der Waals surface area contributed by atoms with Gasteiger partial charge in [-0.1, -0.05) is 23.5 Å². The van der Waals surface area contributed by atoms with Crippen molar-refractivity contribution >= 4 is 28.1 Å². The minimum Gasteiger partial charge on any atom is -0.461 e. The molecule has 0 spiro atoms. The number of aromatic nitrogens is 3. The molecule has 4 aromatic rings. The van der Waals surface area contributed by atoms with Crippen LogP contribution < -0.4 is 10.1 Å². The molecule has 0 saturated heterocycles. The van der Waals surface area contributed by atoms with E-state index in [1.54, 1.807) is 30.3 Å². The van der Waals surface area contributed by atoms with Crippen LogP contribution in [0, 0.1) is 10.1 Å². The topological polar surface area (TPSA) is 104 Å². The van der Waals surface area contributed by atoms with Crippen LogP contribution in [0.5, 0.6) is 0 Å². The molecule has 0 bridgehead atoms. The second-order valence-corrected chi connectivity index (χ2v) is 5.86. The van der Waals surface area contributed by atoms with Crippen molar-refractivity contribution in [2.24, 2.45) is 0 Å². The molecule has 24 heavy (non-hydrogen) atoms. The Bertz CT molecular complexity index is 1160. The molecule has 0 aliphatic carbocycles. The van der Waals surface area contributed by atoms with Gasteiger partial charge in [0.1, 0.15) is 0 Å². The molecule has 0 aliphatic rings. The Labute approximate surface area is 137 Å². The predicted molar refractivity (Wildman–Crippen MR) is 86.7 cm³/mol. The monoisotopic (exact) mass is 340 g/mol. The first-order chi connectivity index (χ1) is 11.6. The number of benzene rings is 1. The molecule has 1 aromatic carbocycles. The lowest BCUT2D eigenvalue weighted by Crippen LogP contribution is -2.23. The summed E-state index contributed by atoms with van der Waals surface area (Å²) < 4.78 is 6.93. The van der Waals surface area contributed by atoms with Gasteiger partial charge >= 0.3 is 0 Å². The van der Waals surface area contributed by atoms with Crippen LogP contribution in [0.1, 0.15) is 5.56 Å². The van der Waals surface area contributed by atoms with E-state index in [2.05, 4.69) is 10.2 Å². The first kappa shape index (κ1) is 14.3. The molecule has 0 unspecified atom stereocenters. The SMILES string of the molecule is O=c1/c(=C/c2ccccc2[N+](=O)[O-])sc2nnc(-c3ccco3)n12. The highest BCUT2D eigenvalue weighted by Crippen LogP contribution is 2.20. The molecule has 0 aliphatic heterocycles. The summed E-state index contributed by atoms with van der Waals surface area (Å²) in [6.45, 7) is 0. The van der Waals surface area contributed by atoms with E-state index >= 15 is 0 Å². The third-order valence-electron chi connectivity index (χ3n) is 3.41. The molecule has 0 atom stereocenters. The number of furan rings is 1. The highest BCUT2D eigenvalue weighted by Gasteiger charge is 2.17. The molecule has 0 saturated carbocycles. The highest BCUT2D eigenvalue weighted by atomic mass is 32.1. The van der Waals surface area contributed by atoms with Crippen LogP contribution in [-0.2, 0) is 0 Å². The molecular formula is C15H8N4O4S. The molecular weight excluding hydrogens is 332 g/mol. The zero-order valence-corrected chi connectivity index (χ0v) is 12.8. The summed E-state index contributed by atoms with van der Waals surface area (Å²) in [7, 11) is 0. The van der Waals surface area contributed by atoms with Gasteiger partial charge in [-0.15, -0.1) is 10.2 Å². The quantitative estimate of drug-likeness (QED) is 0.416. The van der Waals surface area contributed by atoms with Gasteiger partial charge in [0.25, 0.3) is 11.2 Å². The van der Waals surface area contributed by atoms with Crippen molar-refractivity contribution in [1.29, 1.82) is 0 Å². The van der Waals surface area contributed by atoms with Gasteiger partial charge in [0.2, 0.25) is 10.8 Å². The van der Waals surface area contributed by atoms with E-state index in [1.165, 1.54) is 22.8 Å². The standard InChI is InChI=1S/C15H8N4O4S/c20-14-12(8-9-4-1-2-5-10(9)19(21)22)24-15-17-16-13(18(14)15)11-6-3-7-23-11/h1-8H/b12-8-. The molecule has 0 N–H and O–H groups in total. The van der Waals surface area contributed by atoms with Crippen LogP contribution in [0.15, 0.2) is 51.9 Å². The van der Waals surface area contributed by atoms with Gasteiger partial charge in [0, 0.05) is 6.07 Å². The number of nitrogens with zero attached hydrogens (tertiary/aromatic N) is 4. The molecule has 0 radical (unpaired) electrons. The van der Waals surface area contributed by atoms with Crippen molar-refractivity contribution < 1.29 is 9.34 Å². The fourth-order valence-electron chi connectivity index (χ4n) is 2.35. The lowest BCUT2D eigenvalue weighted by atomic mass is 10.2. The van der Waals surface area contributed by atoms with Crippen molar-refractivity contribution in [3.8, 4) is 11.6 Å². The Morgan fingerprint density at radius 2 is 2.04 bits per heavy atom. The highest BCUT2D eigenvalue weighted by molar-refractivity contribution is 7.15. The minimum absolute atomic E-state index is 0.0627. The second kappa shape index (κ2) is 5.39. The Morgan fingerprint density at radius 1 is 1.21 bits per heavy atom. The van der Waals surface area contributed by atoms with E-state index < -0.39 is 4.92 Å². The van der Waals surface area contributed by atoms with E-state index in [0.29, 0.717) is 26.6 Å². The van der Waals surface area contributed by atoms with E-state index in [9.17, 15) is 14.9 Å². The number of fused-ring (bicyclic) bond motifs is 1. The van der Waals surface area contributed by atoms with Crippen molar-refractivity contribution in [2.75, 3.05) is 0 Å². The Morgan fingerprint density at radius 3 is 2.79 bits per heavy atom. The van der Waals surface area contributed by atoms with E-state index in [1.807, 2.05) is 0 Å². The summed E-state index contributed by atoms with van der Waals surface area (Å²) in [6, 6.07) is 9.61. The maximum atomic E-state index is 12.6. The second-order valence-electron chi connectivity index (χ2n) is 4.85. The average Bonchev–Trinajstić information content (AvgIpc) is 3.27. The molecule has 0 amide bonds. The molecule has 3 heterocycles. The van der Waals surface area contributed by atoms with Crippen LogP contribution in [0.25, 0.3) is 22.6 Å². The number of nitro benzene ring substituents is 1. The molecule has 8 nitrogen and oxygen atoms in total. The lowest BCUT2D eigenvalue weighted by Gasteiger charge is -1.94. The van der Waals surface area contributed by atoms with Crippen LogP contribution in [0.2, 0.25) is 0 Å². The van der Waals surface area contributed by atoms with E-state index in [4.69, 9.17) is 4.42 Å². The summed E-state index contributed by atoms with van der Waals surface area (Å²) in [5.41, 5.74) is -0.0477.